The van der Waals surface area contributed by atoms with Crippen LogP contribution in [-0.4, -0.2) is 15.0 Å². The molecule has 0 saturated carbocycles. The summed E-state index contributed by atoms with van der Waals surface area (Å²) in [6.45, 7) is 0. The third-order valence-electron chi connectivity index (χ3n) is 3.51. The molecular weight excluding hydrogens is 226 g/mol. The summed E-state index contributed by atoms with van der Waals surface area (Å²) in [5.74, 6) is 5.98. The SMILES string of the molecule is NNC(c1ccncn1)C1CCc2cccnc21. The first-order chi connectivity index (χ1) is 8.90. The second kappa shape index (κ2) is 4.80. The van der Waals surface area contributed by atoms with E-state index in [0.29, 0.717) is 0 Å². The fourth-order valence-electron chi connectivity index (χ4n) is 2.66. The third kappa shape index (κ3) is 1.87. The Morgan fingerprint density at radius 3 is 3.00 bits per heavy atom. The highest BCUT2D eigenvalue weighted by molar-refractivity contribution is 5.31. The predicted octanol–water partition coefficient (Wildman–Crippen LogP) is 1.11. The van der Waals surface area contributed by atoms with Crippen molar-refractivity contribution >= 4 is 0 Å². The molecule has 0 aliphatic heterocycles. The highest BCUT2D eigenvalue weighted by atomic mass is 15.2. The summed E-state index contributed by atoms with van der Waals surface area (Å²) >= 11 is 0. The van der Waals surface area contributed by atoms with Crippen LogP contribution in [0.3, 0.4) is 0 Å². The zero-order valence-electron chi connectivity index (χ0n) is 9.95. The molecule has 0 spiro atoms. The van der Waals surface area contributed by atoms with Gasteiger partial charge in [-0.1, -0.05) is 6.07 Å². The van der Waals surface area contributed by atoms with E-state index in [1.54, 1.807) is 12.5 Å². The molecule has 0 radical (unpaired) electrons. The molecule has 2 heterocycles. The topological polar surface area (TPSA) is 76.7 Å². The molecule has 92 valence electrons. The van der Waals surface area contributed by atoms with Crippen LogP contribution in [0.1, 0.15) is 35.3 Å². The first kappa shape index (κ1) is 11.3. The summed E-state index contributed by atoms with van der Waals surface area (Å²) in [7, 11) is 0. The van der Waals surface area contributed by atoms with E-state index >= 15 is 0 Å². The van der Waals surface area contributed by atoms with Gasteiger partial charge in [-0.25, -0.2) is 9.97 Å². The Bertz CT molecular complexity index is 528. The van der Waals surface area contributed by atoms with E-state index in [9.17, 15) is 0 Å². The quantitative estimate of drug-likeness (QED) is 0.621. The number of pyridine rings is 1. The van der Waals surface area contributed by atoms with E-state index < -0.39 is 0 Å². The maximum atomic E-state index is 5.70. The zero-order valence-corrected chi connectivity index (χ0v) is 9.95. The van der Waals surface area contributed by atoms with Crippen molar-refractivity contribution in [2.75, 3.05) is 0 Å². The van der Waals surface area contributed by atoms with Gasteiger partial charge in [-0.15, -0.1) is 0 Å². The normalized spacial score (nSPS) is 19.5. The lowest BCUT2D eigenvalue weighted by atomic mass is 9.94. The van der Waals surface area contributed by atoms with E-state index in [2.05, 4.69) is 26.4 Å². The molecule has 2 aromatic heterocycles. The molecule has 1 aliphatic carbocycles. The van der Waals surface area contributed by atoms with Gasteiger partial charge in [0, 0.05) is 24.0 Å². The van der Waals surface area contributed by atoms with Crippen molar-refractivity contribution in [2.45, 2.75) is 24.8 Å². The minimum Gasteiger partial charge on any atom is -0.271 e. The van der Waals surface area contributed by atoms with E-state index in [1.165, 1.54) is 5.56 Å². The van der Waals surface area contributed by atoms with Crippen LogP contribution in [0, 0.1) is 0 Å². The molecule has 2 atom stereocenters. The standard InChI is InChI=1S/C13H15N5/c14-18-13(11-5-7-15-8-17-11)10-4-3-9-2-1-6-16-12(9)10/h1-2,5-8,10,13,18H,3-4,14H2. The number of aromatic nitrogens is 3. The molecule has 5 nitrogen and oxygen atoms in total. The Morgan fingerprint density at radius 1 is 1.28 bits per heavy atom. The number of fused-ring (bicyclic) bond motifs is 1. The van der Waals surface area contributed by atoms with Crippen molar-refractivity contribution in [3.63, 3.8) is 0 Å². The van der Waals surface area contributed by atoms with Gasteiger partial charge in [0.15, 0.2) is 0 Å². The molecule has 0 saturated heterocycles. The van der Waals surface area contributed by atoms with Crippen LogP contribution in [0.2, 0.25) is 0 Å². The lowest BCUT2D eigenvalue weighted by Gasteiger charge is -2.22. The highest BCUT2D eigenvalue weighted by Gasteiger charge is 2.31. The van der Waals surface area contributed by atoms with E-state index in [1.807, 2.05) is 18.3 Å². The molecule has 0 bridgehead atoms. The second-order valence-electron chi connectivity index (χ2n) is 4.47. The molecule has 2 aromatic rings. The minimum atomic E-state index is -0.0100. The van der Waals surface area contributed by atoms with Gasteiger partial charge in [0.2, 0.25) is 0 Å². The number of aryl methyl sites for hydroxylation is 1. The van der Waals surface area contributed by atoms with Crippen molar-refractivity contribution < 1.29 is 0 Å². The summed E-state index contributed by atoms with van der Waals surface area (Å²) in [5, 5.41) is 0. The highest BCUT2D eigenvalue weighted by Crippen LogP contribution is 2.39. The van der Waals surface area contributed by atoms with E-state index in [0.717, 1.165) is 24.2 Å². The predicted molar refractivity (Wildman–Crippen MR) is 67.4 cm³/mol. The zero-order chi connectivity index (χ0) is 12.4. The first-order valence-electron chi connectivity index (χ1n) is 6.06. The van der Waals surface area contributed by atoms with Crippen molar-refractivity contribution in [1.29, 1.82) is 0 Å². The van der Waals surface area contributed by atoms with E-state index in [-0.39, 0.29) is 12.0 Å². The Kier molecular flexibility index (Phi) is 3.00. The average Bonchev–Trinajstić information content (AvgIpc) is 2.85. The summed E-state index contributed by atoms with van der Waals surface area (Å²) < 4.78 is 0. The molecular formula is C13H15N5. The number of nitrogens with zero attached hydrogens (tertiary/aromatic N) is 3. The van der Waals surface area contributed by atoms with Crippen LogP contribution in [0.15, 0.2) is 36.9 Å². The molecule has 3 rings (SSSR count). The van der Waals surface area contributed by atoms with Gasteiger partial charge in [0.25, 0.3) is 0 Å². The monoisotopic (exact) mass is 241 g/mol. The molecule has 0 amide bonds. The van der Waals surface area contributed by atoms with Gasteiger partial charge in [-0.05, 0) is 30.5 Å². The number of rotatable bonds is 3. The van der Waals surface area contributed by atoms with Crippen LogP contribution in [-0.2, 0) is 6.42 Å². The molecule has 0 aromatic carbocycles. The summed E-state index contributed by atoms with van der Waals surface area (Å²) in [4.78, 5) is 12.7. The van der Waals surface area contributed by atoms with Crippen molar-refractivity contribution in [2.24, 2.45) is 5.84 Å². The molecule has 3 N–H and O–H groups in total. The van der Waals surface area contributed by atoms with Crippen LogP contribution in [0.4, 0.5) is 0 Å². The molecule has 2 unspecified atom stereocenters. The third-order valence-corrected chi connectivity index (χ3v) is 3.51. The smallest absolute Gasteiger partial charge is 0.115 e. The second-order valence-corrected chi connectivity index (χ2v) is 4.47. The maximum Gasteiger partial charge on any atom is 0.115 e. The Labute approximate surface area is 105 Å². The van der Waals surface area contributed by atoms with Crippen LogP contribution in [0.5, 0.6) is 0 Å². The first-order valence-corrected chi connectivity index (χ1v) is 6.06. The fourth-order valence-corrected chi connectivity index (χ4v) is 2.66. The van der Waals surface area contributed by atoms with Crippen molar-refractivity contribution in [3.8, 4) is 0 Å². The Hall–Kier alpha value is -1.85. The maximum absolute atomic E-state index is 5.70. The lowest BCUT2D eigenvalue weighted by Crippen LogP contribution is -2.32. The van der Waals surface area contributed by atoms with Gasteiger partial charge in [-0.3, -0.25) is 16.3 Å². The summed E-state index contributed by atoms with van der Waals surface area (Å²) in [5.41, 5.74) is 6.24. The van der Waals surface area contributed by atoms with E-state index in [4.69, 9.17) is 5.84 Å². The summed E-state index contributed by atoms with van der Waals surface area (Å²) in [6, 6.07) is 6.00. The van der Waals surface area contributed by atoms with Gasteiger partial charge in [-0.2, -0.15) is 0 Å². The Morgan fingerprint density at radius 2 is 2.22 bits per heavy atom. The average molecular weight is 241 g/mol. The van der Waals surface area contributed by atoms with Crippen LogP contribution < -0.4 is 11.3 Å². The van der Waals surface area contributed by atoms with Gasteiger partial charge < -0.3 is 0 Å². The van der Waals surface area contributed by atoms with Gasteiger partial charge in [0.05, 0.1) is 11.7 Å². The molecule has 18 heavy (non-hydrogen) atoms. The number of nitrogens with one attached hydrogen (secondary N) is 1. The molecule has 5 heteroatoms. The van der Waals surface area contributed by atoms with Crippen molar-refractivity contribution in [3.05, 3.63) is 53.9 Å². The van der Waals surface area contributed by atoms with Crippen molar-refractivity contribution in [1.82, 2.24) is 20.4 Å². The van der Waals surface area contributed by atoms with Crippen LogP contribution in [0.25, 0.3) is 0 Å². The largest absolute Gasteiger partial charge is 0.271 e. The lowest BCUT2D eigenvalue weighted by molar-refractivity contribution is 0.437. The minimum absolute atomic E-state index is 0.0100. The number of hydrogen-bond donors (Lipinski definition) is 2. The fraction of sp³-hybridized carbons (Fsp3) is 0.308. The summed E-state index contributed by atoms with van der Waals surface area (Å²) in [6.07, 6.45) is 7.22. The van der Waals surface area contributed by atoms with Gasteiger partial charge in [0.1, 0.15) is 6.33 Å². The molecule has 0 fully saturated rings. The van der Waals surface area contributed by atoms with Gasteiger partial charge >= 0.3 is 0 Å². The molecule has 1 aliphatic rings. The number of nitrogens with two attached hydrogens (primary N) is 1. The Balaban J connectivity index is 1.95. The van der Waals surface area contributed by atoms with Crippen LogP contribution >= 0.6 is 0 Å². The number of hydrogen-bond acceptors (Lipinski definition) is 5. The number of hydrazine groups is 1.